The van der Waals surface area contributed by atoms with E-state index in [-0.39, 0.29) is 28.3 Å². The van der Waals surface area contributed by atoms with Crippen molar-refractivity contribution in [3.63, 3.8) is 0 Å². The van der Waals surface area contributed by atoms with Crippen LogP contribution in [0.3, 0.4) is 0 Å². The molecule has 3 nitrogen and oxygen atoms in total. The minimum Gasteiger partial charge on any atom is -0.370 e. The summed E-state index contributed by atoms with van der Waals surface area (Å²) in [6, 6.07) is 0. The number of fused-ring (bicyclic) bond motifs is 2. The van der Waals surface area contributed by atoms with Crippen LogP contribution < -0.4 is 5.73 Å². The molecule has 2 N–H and O–H groups in total. The summed E-state index contributed by atoms with van der Waals surface area (Å²) in [6.07, 6.45) is 4.89. The van der Waals surface area contributed by atoms with E-state index in [1.54, 1.807) is 17.8 Å². The maximum atomic E-state index is 12.6. The summed E-state index contributed by atoms with van der Waals surface area (Å²) >= 11 is 1.78. The van der Waals surface area contributed by atoms with Crippen molar-refractivity contribution >= 4 is 23.5 Å². The van der Waals surface area contributed by atoms with Gasteiger partial charge in [0.25, 0.3) is 0 Å². The van der Waals surface area contributed by atoms with E-state index in [0.29, 0.717) is 11.7 Å². The monoisotopic (exact) mass is 337 g/mol. The standard InChI is InChI=1S/C17H25NO2S.C2H6/c1-10-9-13(19)16-17(3,4)11(2)5-7-14(21-16)12(10)6-8-15(18)20;1-2/h9,12,14,16H,2,5-8H2,1,3-4H3,(H2,18,20);1-2H3/t12-,14-,16?;/m1./s1. The summed E-state index contributed by atoms with van der Waals surface area (Å²) in [7, 11) is 0. The van der Waals surface area contributed by atoms with Crippen LogP contribution in [0.15, 0.2) is 23.8 Å². The summed E-state index contributed by atoms with van der Waals surface area (Å²) in [5.41, 5.74) is 7.39. The van der Waals surface area contributed by atoms with E-state index >= 15 is 0 Å². The highest BCUT2D eigenvalue weighted by atomic mass is 32.2. The smallest absolute Gasteiger partial charge is 0.217 e. The molecule has 4 heteroatoms. The average Bonchev–Trinajstić information content (AvgIpc) is 2.67. The first kappa shape index (κ1) is 20.0. The molecule has 2 aliphatic rings. The van der Waals surface area contributed by atoms with E-state index < -0.39 is 0 Å². The Bertz CT molecular complexity index is 507. The van der Waals surface area contributed by atoms with Crippen LogP contribution in [0.2, 0.25) is 0 Å². The number of ketones is 1. The normalized spacial score (nSPS) is 29.6. The van der Waals surface area contributed by atoms with Gasteiger partial charge in [0.05, 0.1) is 5.25 Å². The van der Waals surface area contributed by atoms with Gasteiger partial charge in [-0.3, -0.25) is 9.59 Å². The number of thioether (sulfide) groups is 1. The van der Waals surface area contributed by atoms with E-state index in [1.165, 1.54) is 0 Å². The lowest BCUT2D eigenvalue weighted by Gasteiger charge is -2.32. The SMILES string of the molecule is C=C1CC[C@H]2SC(C(=O)C=C(C)[C@H]2CCC(N)=O)C1(C)C.CC. The molecule has 0 spiro atoms. The maximum Gasteiger partial charge on any atom is 0.217 e. The number of allylic oxidation sites excluding steroid dienone is 3. The minimum absolute atomic E-state index is 0.0639. The molecule has 2 aliphatic heterocycles. The lowest BCUT2D eigenvalue weighted by Crippen LogP contribution is -2.33. The second-order valence-electron chi connectivity index (χ2n) is 6.82. The van der Waals surface area contributed by atoms with Crippen molar-refractivity contribution in [1.82, 2.24) is 0 Å². The molecule has 130 valence electrons. The van der Waals surface area contributed by atoms with E-state index in [0.717, 1.165) is 30.4 Å². The Morgan fingerprint density at radius 2 is 2.04 bits per heavy atom. The van der Waals surface area contributed by atoms with Gasteiger partial charge in [0.2, 0.25) is 5.91 Å². The van der Waals surface area contributed by atoms with E-state index in [9.17, 15) is 9.59 Å². The molecule has 0 aliphatic carbocycles. The topological polar surface area (TPSA) is 60.2 Å². The van der Waals surface area contributed by atoms with E-state index in [1.807, 2.05) is 20.8 Å². The zero-order chi connectivity index (χ0) is 17.8. The van der Waals surface area contributed by atoms with Gasteiger partial charge in [0.1, 0.15) is 0 Å². The Labute approximate surface area is 145 Å². The Kier molecular flexibility index (Phi) is 7.12. The Morgan fingerprint density at radius 3 is 2.61 bits per heavy atom. The predicted molar refractivity (Wildman–Crippen MR) is 99.4 cm³/mol. The van der Waals surface area contributed by atoms with Crippen LogP contribution in [0.4, 0.5) is 0 Å². The Hall–Kier alpha value is -1.03. The molecule has 3 atom stereocenters. The van der Waals surface area contributed by atoms with Gasteiger partial charge in [-0.2, -0.15) is 0 Å². The molecule has 1 saturated heterocycles. The molecule has 0 aromatic heterocycles. The summed E-state index contributed by atoms with van der Waals surface area (Å²) in [4.78, 5) is 23.7. The van der Waals surface area contributed by atoms with Crippen molar-refractivity contribution in [1.29, 1.82) is 0 Å². The molecule has 23 heavy (non-hydrogen) atoms. The zero-order valence-corrected chi connectivity index (χ0v) is 16.0. The number of carbonyl (C=O) groups is 2. The second-order valence-corrected chi connectivity index (χ2v) is 8.17. The fourth-order valence-electron chi connectivity index (χ4n) is 3.37. The first-order valence-corrected chi connectivity index (χ1v) is 9.52. The molecule has 0 aromatic carbocycles. The third-order valence-corrected chi connectivity index (χ3v) is 6.98. The van der Waals surface area contributed by atoms with Gasteiger partial charge in [0, 0.05) is 17.1 Å². The van der Waals surface area contributed by atoms with Crippen molar-refractivity contribution in [2.24, 2.45) is 17.1 Å². The minimum atomic E-state index is -0.265. The Morgan fingerprint density at radius 1 is 1.43 bits per heavy atom. The fraction of sp³-hybridized carbons (Fsp3) is 0.684. The van der Waals surface area contributed by atoms with E-state index in [2.05, 4.69) is 20.4 Å². The number of nitrogens with two attached hydrogens (primary N) is 1. The molecule has 0 radical (unpaired) electrons. The van der Waals surface area contributed by atoms with Gasteiger partial charge in [-0.25, -0.2) is 0 Å². The van der Waals surface area contributed by atoms with Gasteiger partial charge in [0.15, 0.2) is 5.78 Å². The molecule has 1 amide bonds. The third kappa shape index (κ3) is 4.50. The number of carbonyl (C=O) groups excluding carboxylic acids is 2. The van der Waals surface area contributed by atoms with Crippen LogP contribution in [-0.2, 0) is 9.59 Å². The molecular weight excluding hydrogens is 306 g/mol. The van der Waals surface area contributed by atoms with Gasteiger partial charge in [-0.15, -0.1) is 11.8 Å². The van der Waals surface area contributed by atoms with Gasteiger partial charge < -0.3 is 5.73 Å². The van der Waals surface area contributed by atoms with Crippen LogP contribution in [-0.4, -0.2) is 22.2 Å². The van der Waals surface area contributed by atoms with Gasteiger partial charge >= 0.3 is 0 Å². The first-order valence-electron chi connectivity index (χ1n) is 8.57. The first-order chi connectivity index (χ1) is 10.7. The molecule has 1 unspecified atom stereocenters. The molecule has 1 fully saturated rings. The highest BCUT2D eigenvalue weighted by molar-refractivity contribution is 8.01. The van der Waals surface area contributed by atoms with Crippen molar-refractivity contribution in [2.45, 2.75) is 70.8 Å². The van der Waals surface area contributed by atoms with Gasteiger partial charge in [-0.1, -0.05) is 45.4 Å². The van der Waals surface area contributed by atoms with Crippen LogP contribution in [0.5, 0.6) is 0 Å². The predicted octanol–water partition coefficient (Wildman–Crippen LogP) is 4.27. The number of hydrogen-bond donors (Lipinski definition) is 1. The lowest BCUT2D eigenvalue weighted by molar-refractivity contribution is -0.118. The van der Waals surface area contributed by atoms with Crippen molar-refractivity contribution < 1.29 is 9.59 Å². The molecule has 2 heterocycles. The van der Waals surface area contributed by atoms with Crippen LogP contribution in [0.1, 0.15) is 60.3 Å². The summed E-state index contributed by atoms with van der Waals surface area (Å²) in [6.45, 7) is 14.5. The number of primary amides is 1. The van der Waals surface area contributed by atoms with Crippen LogP contribution >= 0.6 is 11.8 Å². The summed E-state index contributed by atoms with van der Waals surface area (Å²) in [5.74, 6) is 0.188. The quantitative estimate of drug-likeness (QED) is 0.782. The highest BCUT2D eigenvalue weighted by Crippen LogP contribution is 2.50. The maximum absolute atomic E-state index is 12.6. The van der Waals surface area contributed by atoms with Crippen molar-refractivity contribution in [3.8, 4) is 0 Å². The number of hydrogen-bond acceptors (Lipinski definition) is 3. The molecule has 2 bridgehead atoms. The highest BCUT2D eigenvalue weighted by Gasteiger charge is 2.44. The average molecular weight is 338 g/mol. The van der Waals surface area contributed by atoms with Crippen LogP contribution in [0.25, 0.3) is 0 Å². The Balaban J connectivity index is 0.00000127. The molecule has 0 aromatic rings. The number of rotatable bonds is 3. The van der Waals surface area contributed by atoms with Crippen molar-refractivity contribution in [2.75, 3.05) is 0 Å². The molecule has 2 rings (SSSR count). The van der Waals surface area contributed by atoms with Crippen LogP contribution in [0, 0.1) is 11.3 Å². The molecular formula is C19H31NO2S. The zero-order valence-electron chi connectivity index (χ0n) is 15.1. The van der Waals surface area contributed by atoms with Gasteiger partial charge in [-0.05, 0) is 38.2 Å². The summed E-state index contributed by atoms with van der Waals surface area (Å²) in [5, 5.41) is 0.307. The summed E-state index contributed by atoms with van der Waals surface area (Å²) < 4.78 is 0. The lowest BCUT2D eigenvalue weighted by atomic mass is 9.76. The number of amides is 1. The largest absolute Gasteiger partial charge is 0.370 e. The molecule has 0 saturated carbocycles. The fourth-order valence-corrected chi connectivity index (χ4v) is 5.22. The third-order valence-electron chi connectivity index (χ3n) is 4.97. The second kappa shape index (κ2) is 8.18. The van der Waals surface area contributed by atoms with Crippen molar-refractivity contribution in [3.05, 3.63) is 23.8 Å². The van der Waals surface area contributed by atoms with E-state index in [4.69, 9.17) is 5.73 Å².